The minimum absolute atomic E-state index is 0.337. The Morgan fingerprint density at radius 3 is 2.27 bits per heavy atom. The van der Waals surface area contributed by atoms with E-state index in [1.165, 1.54) is 7.05 Å². The molecule has 0 unspecified atom stereocenters. The molecule has 0 saturated heterocycles. The van der Waals surface area contributed by atoms with Gasteiger partial charge in [0.1, 0.15) is 5.75 Å². The molecule has 0 fully saturated rings. The molecule has 26 heavy (non-hydrogen) atoms. The second-order valence-electron chi connectivity index (χ2n) is 5.60. The van der Waals surface area contributed by atoms with E-state index in [9.17, 15) is 13.2 Å². The van der Waals surface area contributed by atoms with Crippen LogP contribution < -0.4 is 14.4 Å². The maximum Gasteiger partial charge on any atom is 0.265 e. The number of benzene rings is 2. The van der Waals surface area contributed by atoms with Crippen LogP contribution in [0.5, 0.6) is 5.75 Å². The van der Waals surface area contributed by atoms with Gasteiger partial charge in [0, 0.05) is 12.7 Å². The van der Waals surface area contributed by atoms with E-state index < -0.39 is 16.1 Å². The molecule has 1 atom stereocenters. The van der Waals surface area contributed by atoms with Crippen molar-refractivity contribution in [3.63, 3.8) is 0 Å². The van der Waals surface area contributed by atoms with Gasteiger partial charge in [-0.05, 0) is 49.4 Å². The minimum Gasteiger partial charge on any atom is -0.481 e. The highest BCUT2D eigenvalue weighted by Gasteiger charge is 2.16. The highest BCUT2D eigenvalue weighted by atomic mass is 35.5. The van der Waals surface area contributed by atoms with E-state index in [1.807, 2.05) is 0 Å². The minimum atomic E-state index is -3.34. The number of sulfonamides is 1. The highest BCUT2D eigenvalue weighted by molar-refractivity contribution is 7.92. The topological polar surface area (TPSA) is 75.7 Å². The smallest absolute Gasteiger partial charge is 0.265 e. The van der Waals surface area contributed by atoms with Gasteiger partial charge in [-0.2, -0.15) is 0 Å². The van der Waals surface area contributed by atoms with Gasteiger partial charge in [0.25, 0.3) is 5.91 Å². The summed E-state index contributed by atoms with van der Waals surface area (Å²) < 4.78 is 29.8. The monoisotopic (exact) mass is 416 g/mol. The van der Waals surface area contributed by atoms with Crippen molar-refractivity contribution in [2.24, 2.45) is 0 Å². The molecule has 9 heteroatoms. The Bertz CT molecular complexity index is 901. The molecule has 2 rings (SSSR count). The lowest BCUT2D eigenvalue weighted by Gasteiger charge is -2.18. The van der Waals surface area contributed by atoms with Gasteiger partial charge in [-0.3, -0.25) is 9.10 Å². The Morgan fingerprint density at radius 1 is 1.12 bits per heavy atom. The summed E-state index contributed by atoms with van der Waals surface area (Å²) in [5.41, 5.74) is 0.998. The molecule has 1 amide bonds. The zero-order valence-electron chi connectivity index (χ0n) is 14.4. The Labute approximate surface area is 162 Å². The normalized spacial score (nSPS) is 12.3. The fourth-order valence-corrected chi connectivity index (χ4v) is 2.80. The van der Waals surface area contributed by atoms with E-state index >= 15 is 0 Å². The van der Waals surface area contributed by atoms with E-state index in [-0.39, 0.29) is 5.91 Å². The van der Waals surface area contributed by atoms with E-state index in [4.69, 9.17) is 27.9 Å². The van der Waals surface area contributed by atoms with Gasteiger partial charge in [-0.1, -0.05) is 23.2 Å². The number of ether oxygens (including phenoxy) is 1. The summed E-state index contributed by atoms with van der Waals surface area (Å²) in [6, 6.07) is 11.2. The number of hydrogen-bond donors (Lipinski definition) is 1. The van der Waals surface area contributed by atoms with E-state index in [1.54, 1.807) is 49.4 Å². The number of anilines is 2. The van der Waals surface area contributed by atoms with Crippen molar-refractivity contribution in [1.29, 1.82) is 0 Å². The Balaban J connectivity index is 2.01. The van der Waals surface area contributed by atoms with Crippen LogP contribution in [0.1, 0.15) is 6.92 Å². The number of amides is 1. The number of rotatable bonds is 6. The van der Waals surface area contributed by atoms with Crippen molar-refractivity contribution in [2.45, 2.75) is 13.0 Å². The largest absolute Gasteiger partial charge is 0.481 e. The quantitative estimate of drug-likeness (QED) is 0.776. The zero-order chi connectivity index (χ0) is 19.5. The predicted molar refractivity (Wildman–Crippen MR) is 105 cm³/mol. The Hall–Kier alpha value is -1.96. The molecule has 0 aliphatic rings. The summed E-state index contributed by atoms with van der Waals surface area (Å²) >= 11 is 11.8. The van der Waals surface area contributed by atoms with Crippen LogP contribution in [0.25, 0.3) is 0 Å². The van der Waals surface area contributed by atoms with Gasteiger partial charge >= 0.3 is 0 Å². The first kappa shape index (κ1) is 20.4. The van der Waals surface area contributed by atoms with Crippen molar-refractivity contribution in [2.75, 3.05) is 22.9 Å². The first-order valence-electron chi connectivity index (χ1n) is 7.54. The molecule has 1 N–H and O–H groups in total. The van der Waals surface area contributed by atoms with Crippen molar-refractivity contribution in [3.8, 4) is 5.75 Å². The second-order valence-corrected chi connectivity index (χ2v) is 8.43. The summed E-state index contributed by atoms with van der Waals surface area (Å²) in [5, 5.41) is 3.42. The van der Waals surface area contributed by atoms with Crippen LogP contribution >= 0.6 is 23.2 Å². The van der Waals surface area contributed by atoms with Gasteiger partial charge in [-0.25, -0.2) is 8.42 Å². The van der Waals surface area contributed by atoms with Crippen LogP contribution in [0.2, 0.25) is 10.0 Å². The zero-order valence-corrected chi connectivity index (χ0v) is 16.7. The third-order valence-corrected chi connectivity index (χ3v) is 5.51. The van der Waals surface area contributed by atoms with Crippen molar-refractivity contribution < 1.29 is 17.9 Å². The summed E-state index contributed by atoms with van der Waals surface area (Å²) in [6.45, 7) is 1.60. The molecule has 6 nitrogen and oxygen atoms in total. The summed E-state index contributed by atoms with van der Waals surface area (Å²) in [5.74, 6) is 0.0770. The molecular formula is C17H18Cl2N2O4S. The molecule has 0 aliphatic carbocycles. The van der Waals surface area contributed by atoms with E-state index in [0.717, 1.165) is 10.6 Å². The molecule has 0 aromatic heterocycles. The standard InChI is InChI=1S/C17H18Cl2N2O4S/c1-11(17(22)20-12-4-9-15(18)16(19)10-12)25-14-7-5-13(6-8-14)21(2)26(3,23)24/h4-11H,1-3H3,(H,20,22)/t11-/m1/s1. The van der Waals surface area contributed by atoms with Crippen LogP contribution in [0.4, 0.5) is 11.4 Å². The summed E-state index contributed by atoms with van der Waals surface area (Å²) in [7, 11) is -1.88. The molecular weight excluding hydrogens is 399 g/mol. The Kier molecular flexibility index (Phi) is 6.39. The molecule has 2 aromatic carbocycles. The first-order valence-corrected chi connectivity index (χ1v) is 10.1. The number of carbonyl (C=O) groups excluding carboxylic acids is 1. The number of carbonyl (C=O) groups is 1. The maximum absolute atomic E-state index is 12.2. The number of nitrogens with zero attached hydrogens (tertiary/aromatic N) is 1. The van der Waals surface area contributed by atoms with E-state index in [2.05, 4.69) is 5.32 Å². The molecule has 0 radical (unpaired) electrons. The maximum atomic E-state index is 12.2. The fraction of sp³-hybridized carbons (Fsp3) is 0.235. The lowest BCUT2D eigenvalue weighted by atomic mass is 10.2. The van der Waals surface area contributed by atoms with E-state index in [0.29, 0.717) is 27.2 Å². The van der Waals surface area contributed by atoms with Crippen LogP contribution in [0.15, 0.2) is 42.5 Å². The molecule has 0 bridgehead atoms. The summed E-state index contributed by atoms with van der Waals surface area (Å²) in [6.07, 6.45) is 0.343. The van der Waals surface area contributed by atoms with Gasteiger partial charge in [0.2, 0.25) is 10.0 Å². The lowest BCUT2D eigenvalue weighted by Crippen LogP contribution is -2.30. The van der Waals surface area contributed by atoms with Crippen molar-refractivity contribution in [1.82, 2.24) is 0 Å². The Morgan fingerprint density at radius 2 is 1.73 bits per heavy atom. The highest BCUT2D eigenvalue weighted by Crippen LogP contribution is 2.25. The second kappa shape index (κ2) is 8.16. The molecule has 2 aromatic rings. The average Bonchev–Trinajstić information content (AvgIpc) is 2.57. The van der Waals surface area contributed by atoms with Gasteiger partial charge < -0.3 is 10.1 Å². The summed E-state index contributed by atoms with van der Waals surface area (Å²) in [4.78, 5) is 12.2. The lowest BCUT2D eigenvalue weighted by molar-refractivity contribution is -0.122. The number of nitrogens with one attached hydrogen (secondary N) is 1. The number of hydrogen-bond acceptors (Lipinski definition) is 4. The van der Waals surface area contributed by atoms with Gasteiger partial charge in [-0.15, -0.1) is 0 Å². The van der Waals surface area contributed by atoms with Gasteiger partial charge in [0.05, 0.1) is 22.0 Å². The fourth-order valence-electron chi connectivity index (χ4n) is 2.00. The van der Waals surface area contributed by atoms with Crippen LogP contribution in [-0.4, -0.2) is 33.7 Å². The third-order valence-electron chi connectivity index (χ3n) is 3.57. The number of halogens is 2. The molecule has 0 saturated carbocycles. The van der Waals surface area contributed by atoms with Crippen LogP contribution in [0.3, 0.4) is 0 Å². The van der Waals surface area contributed by atoms with Gasteiger partial charge in [0.15, 0.2) is 6.10 Å². The van der Waals surface area contributed by atoms with Crippen molar-refractivity contribution >= 4 is 50.5 Å². The molecule has 140 valence electrons. The SMILES string of the molecule is C[C@@H](Oc1ccc(N(C)S(C)(=O)=O)cc1)C(=O)Nc1ccc(Cl)c(Cl)c1. The molecule has 0 heterocycles. The third kappa shape index (κ3) is 5.27. The van der Waals surface area contributed by atoms with Crippen LogP contribution in [-0.2, 0) is 14.8 Å². The molecule has 0 spiro atoms. The van der Waals surface area contributed by atoms with Crippen LogP contribution in [0, 0.1) is 0 Å². The average molecular weight is 417 g/mol. The molecule has 0 aliphatic heterocycles. The first-order chi connectivity index (χ1) is 12.1. The van der Waals surface area contributed by atoms with Crippen molar-refractivity contribution in [3.05, 3.63) is 52.5 Å². The predicted octanol–water partition coefficient (Wildman–Crippen LogP) is 3.80.